The number of amides is 1. The Morgan fingerprint density at radius 2 is 1.81 bits per heavy atom. The summed E-state index contributed by atoms with van der Waals surface area (Å²) in [6.07, 6.45) is 3.37. The third kappa shape index (κ3) is 5.10. The molecule has 1 amide bonds. The first kappa shape index (κ1) is 19.4. The van der Waals surface area contributed by atoms with Gasteiger partial charge in [-0.2, -0.15) is 0 Å². The van der Waals surface area contributed by atoms with Crippen molar-refractivity contribution in [1.82, 2.24) is 10.2 Å². The normalized spacial score (nSPS) is 15.5. The Labute approximate surface area is 162 Å². The average molecular weight is 367 g/mol. The summed E-state index contributed by atoms with van der Waals surface area (Å²) in [6, 6.07) is 16.3. The number of rotatable bonds is 8. The zero-order chi connectivity index (χ0) is 19.1. The SMILES string of the molecule is CCCOc1ccccc1C(=O)NC[C@H](c1ccc(C)cc1)N1CCCC1. The van der Waals surface area contributed by atoms with E-state index in [4.69, 9.17) is 4.74 Å². The predicted octanol–water partition coefficient (Wildman–Crippen LogP) is 4.35. The second-order valence-corrected chi connectivity index (χ2v) is 7.22. The Kier molecular flexibility index (Phi) is 6.88. The van der Waals surface area contributed by atoms with Gasteiger partial charge in [0.2, 0.25) is 0 Å². The van der Waals surface area contributed by atoms with E-state index in [2.05, 4.69) is 48.3 Å². The van der Waals surface area contributed by atoms with E-state index in [-0.39, 0.29) is 11.9 Å². The van der Waals surface area contributed by atoms with E-state index in [0.717, 1.165) is 19.5 Å². The fourth-order valence-corrected chi connectivity index (χ4v) is 3.58. The van der Waals surface area contributed by atoms with Crippen LogP contribution in [0.3, 0.4) is 0 Å². The second-order valence-electron chi connectivity index (χ2n) is 7.22. The van der Waals surface area contributed by atoms with Crippen LogP contribution in [0.2, 0.25) is 0 Å². The van der Waals surface area contributed by atoms with Crippen molar-refractivity contribution in [3.63, 3.8) is 0 Å². The van der Waals surface area contributed by atoms with Crippen LogP contribution in [0.1, 0.15) is 53.7 Å². The van der Waals surface area contributed by atoms with Gasteiger partial charge in [-0.15, -0.1) is 0 Å². The number of ether oxygens (including phenoxy) is 1. The lowest BCUT2D eigenvalue weighted by molar-refractivity contribution is 0.0934. The van der Waals surface area contributed by atoms with Gasteiger partial charge in [0.05, 0.1) is 18.2 Å². The van der Waals surface area contributed by atoms with E-state index in [0.29, 0.717) is 24.5 Å². The van der Waals surface area contributed by atoms with Crippen LogP contribution in [-0.4, -0.2) is 37.0 Å². The molecule has 2 aromatic carbocycles. The third-order valence-electron chi connectivity index (χ3n) is 5.09. The zero-order valence-electron chi connectivity index (χ0n) is 16.4. The lowest BCUT2D eigenvalue weighted by Gasteiger charge is -2.28. The van der Waals surface area contributed by atoms with Crippen molar-refractivity contribution in [1.29, 1.82) is 0 Å². The highest BCUT2D eigenvalue weighted by Crippen LogP contribution is 2.25. The van der Waals surface area contributed by atoms with Gasteiger partial charge in [0.1, 0.15) is 5.75 Å². The van der Waals surface area contributed by atoms with Gasteiger partial charge in [-0.25, -0.2) is 0 Å². The largest absolute Gasteiger partial charge is 0.493 e. The molecule has 1 N–H and O–H groups in total. The fraction of sp³-hybridized carbons (Fsp3) is 0.435. The smallest absolute Gasteiger partial charge is 0.255 e. The van der Waals surface area contributed by atoms with Crippen LogP contribution in [0.15, 0.2) is 48.5 Å². The molecular weight excluding hydrogens is 336 g/mol. The summed E-state index contributed by atoms with van der Waals surface area (Å²) in [5.41, 5.74) is 3.12. The maximum atomic E-state index is 12.8. The molecule has 0 unspecified atom stereocenters. The van der Waals surface area contributed by atoms with Crippen molar-refractivity contribution in [2.24, 2.45) is 0 Å². The Hall–Kier alpha value is -2.33. The van der Waals surface area contributed by atoms with E-state index in [1.54, 1.807) is 0 Å². The number of hydrogen-bond acceptors (Lipinski definition) is 3. The van der Waals surface area contributed by atoms with E-state index >= 15 is 0 Å². The van der Waals surface area contributed by atoms with Crippen LogP contribution < -0.4 is 10.1 Å². The molecule has 0 bridgehead atoms. The monoisotopic (exact) mass is 366 g/mol. The van der Waals surface area contributed by atoms with E-state index in [9.17, 15) is 4.79 Å². The van der Waals surface area contributed by atoms with Crippen LogP contribution in [0.4, 0.5) is 0 Å². The number of nitrogens with one attached hydrogen (secondary N) is 1. The molecule has 3 rings (SSSR count). The number of carbonyl (C=O) groups is 1. The average Bonchev–Trinajstić information content (AvgIpc) is 3.22. The number of aryl methyl sites for hydroxylation is 1. The van der Waals surface area contributed by atoms with Gasteiger partial charge in [-0.3, -0.25) is 9.69 Å². The van der Waals surface area contributed by atoms with Crippen molar-refractivity contribution in [2.75, 3.05) is 26.2 Å². The highest BCUT2D eigenvalue weighted by atomic mass is 16.5. The summed E-state index contributed by atoms with van der Waals surface area (Å²) >= 11 is 0. The van der Waals surface area contributed by atoms with Crippen LogP contribution in [-0.2, 0) is 0 Å². The van der Waals surface area contributed by atoms with Gasteiger partial charge >= 0.3 is 0 Å². The number of benzene rings is 2. The number of likely N-dealkylation sites (tertiary alicyclic amines) is 1. The van der Waals surface area contributed by atoms with Crippen LogP contribution in [0, 0.1) is 6.92 Å². The molecule has 0 saturated carbocycles. The molecule has 1 aliphatic heterocycles. The second kappa shape index (κ2) is 9.56. The number of carbonyl (C=O) groups excluding carboxylic acids is 1. The molecule has 1 aliphatic rings. The molecule has 0 spiro atoms. The molecule has 1 atom stereocenters. The maximum Gasteiger partial charge on any atom is 0.255 e. The minimum absolute atomic E-state index is 0.0713. The van der Waals surface area contributed by atoms with Gasteiger partial charge in [-0.05, 0) is 57.0 Å². The Morgan fingerprint density at radius 1 is 1.11 bits per heavy atom. The van der Waals surface area contributed by atoms with Gasteiger partial charge in [-0.1, -0.05) is 48.9 Å². The molecule has 0 aromatic heterocycles. The highest BCUT2D eigenvalue weighted by molar-refractivity contribution is 5.96. The molecule has 0 aliphatic carbocycles. The Bertz CT molecular complexity index is 736. The fourth-order valence-electron chi connectivity index (χ4n) is 3.58. The topological polar surface area (TPSA) is 41.6 Å². The first-order valence-corrected chi connectivity index (χ1v) is 9.99. The van der Waals surface area contributed by atoms with E-state index < -0.39 is 0 Å². The lowest BCUT2D eigenvalue weighted by Crippen LogP contribution is -2.37. The van der Waals surface area contributed by atoms with E-state index in [1.807, 2.05) is 24.3 Å². The first-order chi connectivity index (χ1) is 13.2. The Morgan fingerprint density at radius 3 is 2.52 bits per heavy atom. The minimum atomic E-state index is -0.0713. The van der Waals surface area contributed by atoms with Crippen molar-refractivity contribution in [3.05, 3.63) is 65.2 Å². The molecule has 144 valence electrons. The van der Waals surface area contributed by atoms with E-state index in [1.165, 1.54) is 24.0 Å². The quantitative estimate of drug-likeness (QED) is 0.755. The summed E-state index contributed by atoms with van der Waals surface area (Å²) in [5, 5.41) is 3.15. The standard InChI is InChI=1S/C23H30N2O2/c1-3-16-27-22-9-5-4-8-20(22)23(26)24-17-21(25-14-6-7-15-25)19-12-10-18(2)11-13-19/h4-5,8-13,21H,3,6-7,14-17H2,1-2H3,(H,24,26)/t21-/m1/s1. The summed E-state index contributed by atoms with van der Waals surface area (Å²) in [6.45, 7) is 7.55. The first-order valence-electron chi connectivity index (χ1n) is 9.99. The predicted molar refractivity (Wildman–Crippen MR) is 109 cm³/mol. The highest BCUT2D eigenvalue weighted by Gasteiger charge is 2.24. The van der Waals surface area contributed by atoms with Crippen molar-refractivity contribution in [2.45, 2.75) is 39.2 Å². The molecule has 0 radical (unpaired) electrons. The summed E-state index contributed by atoms with van der Waals surface area (Å²) < 4.78 is 5.74. The molecule has 1 fully saturated rings. The third-order valence-corrected chi connectivity index (χ3v) is 5.09. The summed E-state index contributed by atoms with van der Waals surface area (Å²) in [5.74, 6) is 0.586. The van der Waals surface area contributed by atoms with Crippen LogP contribution >= 0.6 is 0 Å². The summed E-state index contributed by atoms with van der Waals surface area (Å²) in [4.78, 5) is 15.3. The molecule has 1 heterocycles. The van der Waals surface area contributed by atoms with Gasteiger partial charge in [0.15, 0.2) is 0 Å². The van der Waals surface area contributed by atoms with Gasteiger partial charge in [0, 0.05) is 6.54 Å². The number of hydrogen-bond donors (Lipinski definition) is 1. The van der Waals surface area contributed by atoms with Crippen molar-refractivity contribution >= 4 is 5.91 Å². The Balaban J connectivity index is 1.71. The minimum Gasteiger partial charge on any atom is -0.493 e. The summed E-state index contributed by atoms with van der Waals surface area (Å²) in [7, 11) is 0. The molecule has 4 heteroatoms. The van der Waals surface area contributed by atoms with Gasteiger partial charge in [0.25, 0.3) is 5.91 Å². The maximum absolute atomic E-state index is 12.8. The lowest BCUT2D eigenvalue weighted by atomic mass is 10.0. The van der Waals surface area contributed by atoms with Crippen LogP contribution in [0.25, 0.3) is 0 Å². The zero-order valence-corrected chi connectivity index (χ0v) is 16.4. The molecule has 27 heavy (non-hydrogen) atoms. The van der Waals surface area contributed by atoms with Crippen molar-refractivity contribution < 1.29 is 9.53 Å². The van der Waals surface area contributed by atoms with Crippen LogP contribution in [0.5, 0.6) is 5.75 Å². The number of para-hydroxylation sites is 1. The van der Waals surface area contributed by atoms with Crippen molar-refractivity contribution in [3.8, 4) is 5.75 Å². The number of nitrogens with zero attached hydrogens (tertiary/aromatic N) is 1. The molecule has 2 aromatic rings. The molecular formula is C23H30N2O2. The molecule has 1 saturated heterocycles. The van der Waals surface area contributed by atoms with Gasteiger partial charge < -0.3 is 10.1 Å². The molecule has 4 nitrogen and oxygen atoms in total.